The lowest BCUT2D eigenvalue weighted by molar-refractivity contribution is 0.0382. The van der Waals surface area contributed by atoms with Gasteiger partial charge in [0.2, 0.25) is 0 Å². The van der Waals surface area contributed by atoms with Crippen molar-refractivity contribution in [3.8, 4) is 0 Å². The molecule has 1 fully saturated rings. The summed E-state index contributed by atoms with van der Waals surface area (Å²) in [4.78, 5) is 15.4. The molecular formula is C12H17N3O3. The number of hydrogen-bond acceptors (Lipinski definition) is 5. The van der Waals surface area contributed by atoms with Gasteiger partial charge in [-0.3, -0.25) is 9.78 Å². The predicted molar refractivity (Wildman–Crippen MR) is 66.5 cm³/mol. The minimum absolute atomic E-state index is 0.235. The molecule has 1 saturated heterocycles. The highest BCUT2D eigenvalue weighted by Crippen LogP contribution is 2.19. The average molecular weight is 251 g/mol. The lowest BCUT2D eigenvalue weighted by atomic mass is 10.0. The number of nitrogens with zero attached hydrogens (tertiary/aromatic N) is 1. The number of carbonyl (C=O) groups is 1. The van der Waals surface area contributed by atoms with E-state index in [4.69, 9.17) is 4.74 Å². The number of carbonyl (C=O) groups excluding carboxylic acids is 1. The van der Waals surface area contributed by atoms with E-state index in [1.165, 1.54) is 0 Å². The van der Waals surface area contributed by atoms with Gasteiger partial charge in [-0.25, -0.2) is 0 Å². The van der Waals surface area contributed by atoms with E-state index >= 15 is 0 Å². The summed E-state index contributed by atoms with van der Waals surface area (Å²) in [6.45, 7) is 1.32. The van der Waals surface area contributed by atoms with Crippen molar-refractivity contribution < 1.29 is 14.6 Å². The summed E-state index contributed by atoms with van der Waals surface area (Å²) in [5, 5.41) is 15.7. The average Bonchev–Trinajstić information content (AvgIpc) is 2.83. The molecular weight excluding hydrogens is 234 g/mol. The lowest BCUT2D eigenvalue weighted by Crippen LogP contribution is -2.37. The monoisotopic (exact) mass is 251 g/mol. The highest BCUT2D eigenvalue weighted by molar-refractivity contribution is 5.92. The van der Waals surface area contributed by atoms with Crippen molar-refractivity contribution in [3.05, 3.63) is 24.0 Å². The first kappa shape index (κ1) is 12.8. The fraction of sp³-hybridized carbons (Fsp3) is 0.500. The Morgan fingerprint density at radius 2 is 2.50 bits per heavy atom. The van der Waals surface area contributed by atoms with Gasteiger partial charge < -0.3 is 20.5 Å². The van der Waals surface area contributed by atoms with Crippen LogP contribution < -0.4 is 10.6 Å². The molecule has 0 aliphatic carbocycles. The van der Waals surface area contributed by atoms with Crippen molar-refractivity contribution in [2.75, 3.05) is 32.1 Å². The first-order chi connectivity index (χ1) is 8.63. The van der Waals surface area contributed by atoms with Crippen LogP contribution in [-0.2, 0) is 4.74 Å². The second-order valence-electron chi connectivity index (χ2n) is 4.39. The summed E-state index contributed by atoms with van der Waals surface area (Å²) >= 11 is 0. The van der Waals surface area contributed by atoms with Crippen molar-refractivity contribution in [2.24, 2.45) is 0 Å². The molecule has 1 aliphatic rings. The van der Waals surface area contributed by atoms with Gasteiger partial charge in [0.05, 0.1) is 6.61 Å². The highest BCUT2D eigenvalue weighted by Gasteiger charge is 2.31. The van der Waals surface area contributed by atoms with Gasteiger partial charge in [-0.15, -0.1) is 0 Å². The molecule has 1 atom stereocenters. The van der Waals surface area contributed by atoms with Crippen LogP contribution in [0.5, 0.6) is 0 Å². The summed E-state index contributed by atoms with van der Waals surface area (Å²) < 4.78 is 5.16. The summed E-state index contributed by atoms with van der Waals surface area (Å²) in [6, 6.07) is 3.41. The standard InChI is InChI=1S/C12H17N3O3/c1-13-11(16)10-6-9(2-4-14-10)15-7-12(17)3-5-18-8-12/h2,4,6,17H,3,5,7-8H2,1H3,(H,13,16)(H,14,15). The summed E-state index contributed by atoms with van der Waals surface area (Å²) in [7, 11) is 1.56. The zero-order chi connectivity index (χ0) is 13.0. The molecule has 0 bridgehead atoms. The van der Waals surface area contributed by atoms with E-state index in [9.17, 15) is 9.90 Å². The topological polar surface area (TPSA) is 83.5 Å². The molecule has 0 radical (unpaired) electrons. The van der Waals surface area contributed by atoms with E-state index < -0.39 is 5.60 Å². The second-order valence-corrected chi connectivity index (χ2v) is 4.39. The van der Waals surface area contributed by atoms with Crippen LogP contribution in [0.15, 0.2) is 18.3 Å². The van der Waals surface area contributed by atoms with E-state index in [0.717, 1.165) is 5.69 Å². The van der Waals surface area contributed by atoms with E-state index in [1.807, 2.05) is 0 Å². The third kappa shape index (κ3) is 2.96. The number of nitrogens with one attached hydrogen (secondary N) is 2. The Morgan fingerprint density at radius 3 is 3.17 bits per heavy atom. The Labute approximate surface area is 105 Å². The summed E-state index contributed by atoms with van der Waals surface area (Å²) in [5.74, 6) is -0.235. The normalized spacial score (nSPS) is 22.8. The molecule has 1 amide bonds. The molecule has 1 aromatic heterocycles. The molecule has 1 aliphatic heterocycles. The Hall–Kier alpha value is -1.66. The third-order valence-electron chi connectivity index (χ3n) is 2.92. The van der Waals surface area contributed by atoms with E-state index in [1.54, 1.807) is 25.4 Å². The van der Waals surface area contributed by atoms with Gasteiger partial charge in [0, 0.05) is 38.5 Å². The number of aliphatic hydroxyl groups is 1. The fourth-order valence-electron chi connectivity index (χ4n) is 1.80. The minimum Gasteiger partial charge on any atom is -0.386 e. The van der Waals surface area contributed by atoms with Crippen LogP contribution in [0.2, 0.25) is 0 Å². The van der Waals surface area contributed by atoms with E-state index in [2.05, 4.69) is 15.6 Å². The van der Waals surface area contributed by atoms with E-state index in [0.29, 0.717) is 31.9 Å². The molecule has 1 aromatic rings. The molecule has 3 N–H and O–H groups in total. The fourth-order valence-corrected chi connectivity index (χ4v) is 1.80. The Morgan fingerprint density at radius 1 is 1.67 bits per heavy atom. The molecule has 6 nitrogen and oxygen atoms in total. The van der Waals surface area contributed by atoms with Crippen LogP contribution in [0, 0.1) is 0 Å². The number of pyridine rings is 1. The van der Waals surface area contributed by atoms with Crippen LogP contribution in [0.1, 0.15) is 16.9 Å². The number of rotatable bonds is 4. The molecule has 0 aromatic carbocycles. The molecule has 2 rings (SSSR count). The van der Waals surface area contributed by atoms with Crippen molar-refractivity contribution in [2.45, 2.75) is 12.0 Å². The van der Waals surface area contributed by atoms with E-state index in [-0.39, 0.29) is 5.91 Å². The van der Waals surface area contributed by atoms with Gasteiger partial charge >= 0.3 is 0 Å². The van der Waals surface area contributed by atoms with Crippen LogP contribution in [0.4, 0.5) is 5.69 Å². The number of ether oxygens (including phenoxy) is 1. The lowest BCUT2D eigenvalue weighted by Gasteiger charge is -2.21. The molecule has 0 spiro atoms. The van der Waals surface area contributed by atoms with Crippen LogP contribution in [-0.4, -0.2) is 48.4 Å². The SMILES string of the molecule is CNC(=O)c1cc(NCC2(O)CCOC2)ccn1. The molecule has 1 unspecified atom stereocenters. The smallest absolute Gasteiger partial charge is 0.269 e. The minimum atomic E-state index is -0.823. The summed E-state index contributed by atoms with van der Waals surface area (Å²) in [5.41, 5.74) is 0.275. The maximum Gasteiger partial charge on any atom is 0.269 e. The number of aromatic nitrogens is 1. The maximum atomic E-state index is 11.4. The summed E-state index contributed by atoms with van der Waals surface area (Å²) in [6.07, 6.45) is 2.18. The molecule has 0 saturated carbocycles. The first-order valence-corrected chi connectivity index (χ1v) is 5.85. The molecule has 2 heterocycles. The van der Waals surface area contributed by atoms with Gasteiger partial charge in [-0.1, -0.05) is 0 Å². The number of hydrogen-bond donors (Lipinski definition) is 3. The van der Waals surface area contributed by atoms with Crippen molar-refractivity contribution >= 4 is 11.6 Å². The molecule has 98 valence electrons. The van der Waals surface area contributed by atoms with Crippen molar-refractivity contribution in [3.63, 3.8) is 0 Å². The second kappa shape index (κ2) is 5.32. The Bertz CT molecular complexity index is 430. The molecule has 18 heavy (non-hydrogen) atoms. The predicted octanol–water partition coefficient (Wildman–Crippen LogP) is 0.00450. The van der Waals surface area contributed by atoms with Crippen LogP contribution >= 0.6 is 0 Å². The van der Waals surface area contributed by atoms with Crippen LogP contribution in [0.3, 0.4) is 0 Å². The first-order valence-electron chi connectivity index (χ1n) is 5.85. The third-order valence-corrected chi connectivity index (χ3v) is 2.92. The van der Waals surface area contributed by atoms with Crippen LogP contribution in [0.25, 0.3) is 0 Å². The number of amides is 1. The van der Waals surface area contributed by atoms with Gasteiger partial charge in [0.15, 0.2) is 0 Å². The zero-order valence-electron chi connectivity index (χ0n) is 10.3. The molecule has 6 heteroatoms. The van der Waals surface area contributed by atoms with Gasteiger partial charge in [0.25, 0.3) is 5.91 Å². The van der Waals surface area contributed by atoms with Gasteiger partial charge in [0.1, 0.15) is 11.3 Å². The van der Waals surface area contributed by atoms with Crippen molar-refractivity contribution in [1.82, 2.24) is 10.3 Å². The largest absolute Gasteiger partial charge is 0.386 e. The number of anilines is 1. The Balaban J connectivity index is 1.99. The van der Waals surface area contributed by atoms with Gasteiger partial charge in [-0.05, 0) is 12.1 Å². The van der Waals surface area contributed by atoms with Gasteiger partial charge in [-0.2, -0.15) is 0 Å². The Kier molecular flexibility index (Phi) is 3.78. The quantitative estimate of drug-likeness (QED) is 0.702. The zero-order valence-corrected chi connectivity index (χ0v) is 10.3. The highest BCUT2D eigenvalue weighted by atomic mass is 16.5. The van der Waals surface area contributed by atoms with Crippen molar-refractivity contribution in [1.29, 1.82) is 0 Å². The maximum absolute atomic E-state index is 11.4.